The van der Waals surface area contributed by atoms with Gasteiger partial charge in [-0.3, -0.25) is 15.0 Å². The van der Waals surface area contributed by atoms with Gasteiger partial charge in [0.1, 0.15) is 0 Å². The number of piperazine rings is 1. The van der Waals surface area contributed by atoms with Crippen molar-refractivity contribution in [3.05, 3.63) is 105 Å². The summed E-state index contributed by atoms with van der Waals surface area (Å²) in [7, 11) is 2.16. The SMILES string of the molecule is Cc1ccc(C#Cc2cc(-c3csc(NC(=O)c4ccc(CN5CCN(C)CC5)cc4)n3)ccc2C)cc1. The summed E-state index contributed by atoms with van der Waals surface area (Å²) in [5.74, 6) is 6.41. The number of aryl methyl sites for hydroxylation is 2. The van der Waals surface area contributed by atoms with E-state index in [9.17, 15) is 4.79 Å². The summed E-state index contributed by atoms with van der Waals surface area (Å²) in [4.78, 5) is 22.3. The summed E-state index contributed by atoms with van der Waals surface area (Å²) < 4.78 is 0. The molecular formula is C32H32N4OS. The summed E-state index contributed by atoms with van der Waals surface area (Å²) in [6.07, 6.45) is 0. The number of hydrogen-bond acceptors (Lipinski definition) is 5. The van der Waals surface area contributed by atoms with Crippen LogP contribution in [0.5, 0.6) is 0 Å². The highest BCUT2D eigenvalue weighted by Crippen LogP contribution is 2.27. The fourth-order valence-electron chi connectivity index (χ4n) is 4.35. The molecule has 0 bridgehead atoms. The number of carbonyl (C=O) groups excluding carboxylic acids is 1. The van der Waals surface area contributed by atoms with Gasteiger partial charge < -0.3 is 4.90 Å². The molecule has 0 aliphatic carbocycles. The molecule has 192 valence electrons. The number of likely N-dealkylation sites (N-methyl/N-ethyl adjacent to an activating group) is 1. The van der Waals surface area contributed by atoms with Gasteiger partial charge in [-0.1, -0.05) is 53.8 Å². The van der Waals surface area contributed by atoms with Crippen LogP contribution in [0.15, 0.2) is 72.1 Å². The monoisotopic (exact) mass is 520 g/mol. The van der Waals surface area contributed by atoms with Crippen molar-refractivity contribution in [2.24, 2.45) is 0 Å². The van der Waals surface area contributed by atoms with E-state index in [2.05, 4.69) is 77.1 Å². The van der Waals surface area contributed by atoms with Crippen molar-refractivity contribution in [2.45, 2.75) is 20.4 Å². The molecule has 1 amide bonds. The van der Waals surface area contributed by atoms with E-state index in [-0.39, 0.29) is 5.91 Å². The van der Waals surface area contributed by atoms with E-state index < -0.39 is 0 Å². The van der Waals surface area contributed by atoms with Gasteiger partial charge in [0.2, 0.25) is 0 Å². The molecule has 5 nitrogen and oxygen atoms in total. The average molecular weight is 521 g/mol. The van der Waals surface area contributed by atoms with Gasteiger partial charge in [0.25, 0.3) is 5.91 Å². The summed E-state index contributed by atoms with van der Waals surface area (Å²) in [5, 5.41) is 5.51. The van der Waals surface area contributed by atoms with E-state index in [0.29, 0.717) is 10.7 Å². The lowest BCUT2D eigenvalue weighted by molar-refractivity contribution is 0.102. The van der Waals surface area contributed by atoms with Gasteiger partial charge in [0.15, 0.2) is 5.13 Å². The lowest BCUT2D eigenvalue weighted by Crippen LogP contribution is -2.43. The maximum absolute atomic E-state index is 12.9. The zero-order chi connectivity index (χ0) is 26.5. The first-order valence-corrected chi connectivity index (χ1v) is 13.8. The smallest absolute Gasteiger partial charge is 0.257 e. The summed E-state index contributed by atoms with van der Waals surface area (Å²) in [5.41, 5.74) is 7.97. The fourth-order valence-corrected chi connectivity index (χ4v) is 5.07. The minimum atomic E-state index is -0.148. The molecule has 1 aliphatic rings. The molecule has 0 unspecified atom stereocenters. The third kappa shape index (κ3) is 6.56. The second-order valence-electron chi connectivity index (χ2n) is 9.91. The minimum absolute atomic E-state index is 0.148. The molecule has 1 aliphatic heterocycles. The zero-order valence-corrected chi connectivity index (χ0v) is 22.9. The predicted octanol–water partition coefficient (Wildman–Crippen LogP) is 5.83. The number of carbonyl (C=O) groups is 1. The Balaban J connectivity index is 1.23. The predicted molar refractivity (Wildman–Crippen MR) is 157 cm³/mol. The Labute approximate surface area is 229 Å². The van der Waals surface area contributed by atoms with Crippen LogP contribution in [-0.4, -0.2) is 53.9 Å². The zero-order valence-electron chi connectivity index (χ0n) is 22.1. The average Bonchev–Trinajstić information content (AvgIpc) is 3.39. The number of rotatable bonds is 5. The van der Waals surface area contributed by atoms with E-state index in [1.807, 2.05) is 47.8 Å². The molecule has 0 saturated carbocycles. The number of hydrogen-bond donors (Lipinski definition) is 1. The number of anilines is 1. The van der Waals surface area contributed by atoms with Crippen LogP contribution >= 0.6 is 11.3 Å². The van der Waals surface area contributed by atoms with Crippen LogP contribution in [0.1, 0.15) is 38.2 Å². The highest BCUT2D eigenvalue weighted by Gasteiger charge is 2.15. The highest BCUT2D eigenvalue weighted by molar-refractivity contribution is 7.14. The van der Waals surface area contributed by atoms with Gasteiger partial charge in [-0.2, -0.15) is 0 Å². The number of thiazole rings is 1. The van der Waals surface area contributed by atoms with Crippen molar-refractivity contribution >= 4 is 22.4 Å². The Bertz CT molecular complexity index is 1470. The van der Waals surface area contributed by atoms with E-state index in [4.69, 9.17) is 0 Å². The molecule has 3 aromatic carbocycles. The third-order valence-electron chi connectivity index (χ3n) is 6.87. The number of benzene rings is 3. The van der Waals surface area contributed by atoms with E-state index in [1.165, 1.54) is 22.5 Å². The van der Waals surface area contributed by atoms with E-state index in [1.54, 1.807) is 0 Å². The van der Waals surface area contributed by atoms with Gasteiger partial charge in [0, 0.05) is 60.4 Å². The molecular weight excluding hydrogens is 488 g/mol. The Kier molecular flexibility index (Phi) is 8.00. The molecule has 0 radical (unpaired) electrons. The molecule has 38 heavy (non-hydrogen) atoms. The lowest BCUT2D eigenvalue weighted by atomic mass is 10.0. The molecule has 4 aromatic rings. The van der Waals surface area contributed by atoms with Gasteiger partial charge in [-0.05, 0) is 62.4 Å². The van der Waals surface area contributed by atoms with Crippen molar-refractivity contribution < 1.29 is 4.79 Å². The van der Waals surface area contributed by atoms with Crippen LogP contribution < -0.4 is 5.32 Å². The maximum atomic E-state index is 12.9. The standard InChI is InChI=1S/C32H32N4OS/c1-23-4-7-25(8-5-23)9-15-28-20-29(12-6-24(28)2)30-22-38-32(33-30)34-31(37)27-13-10-26(11-14-27)21-36-18-16-35(3)17-19-36/h4-8,10-14,20,22H,16-19,21H2,1-3H3,(H,33,34,37). The van der Waals surface area contributed by atoms with Gasteiger partial charge in [-0.25, -0.2) is 4.98 Å². The molecule has 0 spiro atoms. The fraction of sp³-hybridized carbons (Fsp3) is 0.250. The number of nitrogens with zero attached hydrogens (tertiary/aromatic N) is 3. The normalized spacial score (nSPS) is 14.1. The molecule has 1 N–H and O–H groups in total. The minimum Gasteiger partial charge on any atom is -0.304 e. The van der Waals surface area contributed by atoms with Crippen molar-refractivity contribution in [1.29, 1.82) is 0 Å². The Hall–Kier alpha value is -3.76. The quantitative estimate of drug-likeness (QED) is 0.337. The van der Waals surface area contributed by atoms with Crippen LogP contribution in [0, 0.1) is 25.7 Å². The molecule has 5 rings (SSSR count). The van der Waals surface area contributed by atoms with E-state index >= 15 is 0 Å². The Morgan fingerprint density at radius 2 is 1.68 bits per heavy atom. The van der Waals surface area contributed by atoms with Crippen molar-refractivity contribution in [1.82, 2.24) is 14.8 Å². The van der Waals surface area contributed by atoms with Crippen LogP contribution in [0.25, 0.3) is 11.3 Å². The number of aromatic nitrogens is 1. The van der Waals surface area contributed by atoms with Gasteiger partial charge in [0.05, 0.1) is 5.69 Å². The van der Waals surface area contributed by atoms with Crippen molar-refractivity contribution in [3.63, 3.8) is 0 Å². The summed E-state index contributed by atoms with van der Waals surface area (Å²) in [6.45, 7) is 9.40. The first-order chi connectivity index (χ1) is 18.4. The van der Waals surface area contributed by atoms with Crippen LogP contribution in [0.4, 0.5) is 5.13 Å². The largest absolute Gasteiger partial charge is 0.304 e. The maximum Gasteiger partial charge on any atom is 0.257 e. The first-order valence-electron chi connectivity index (χ1n) is 12.9. The van der Waals surface area contributed by atoms with Crippen molar-refractivity contribution in [2.75, 3.05) is 38.5 Å². The van der Waals surface area contributed by atoms with Gasteiger partial charge in [-0.15, -0.1) is 11.3 Å². The highest BCUT2D eigenvalue weighted by atomic mass is 32.1. The van der Waals surface area contributed by atoms with Crippen LogP contribution in [0.2, 0.25) is 0 Å². The van der Waals surface area contributed by atoms with E-state index in [0.717, 1.165) is 60.7 Å². The van der Waals surface area contributed by atoms with Crippen molar-refractivity contribution in [3.8, 4) is 23.1 Å². The first kappa shape index (κ1) is 25.9. The molecule has 0 atom stereocenters. The second-order valence-corrected chi connectivity index (χ2v) is 10.8. The Morgan fingerprint density at radius 1 is 0.947 bits per heavy atom. The summed E-state index contributed by atoms with van der Waals surface area (Å²) >= 11 is 1.43. The molecule has 2 heterocycles. The third-order valence-corrected chi connectivity index (χ3v) is 7.63. The topological polar surface area (TPSA) is 48.5 Å². The number of nitrogens with one attached hydrogen (secondary N) is 1. The van der Waals surface area contributed by atoms with Crippen LogP contribution in [-0.2, 0) is 6.54 Å². The second kappa shape index (κ2) is 11.7. The van der Waals surface area contributed by atoms with Crippen LogP contribution in [0.3, 0.4) is 0 Å². The molecule has 1 aromatic heterocycles. The number of amides is 1. The molecule has 1 saturated heterocycles. The summed E-state index contributed by atoms with van der Waals surface area (Å²) in [6, 6.07) is 22.3. The molecule has 6 heteroatoms. The van der Waals surface area contributed by atoms with Gasteiger partial charge >= 0.3 is 0 Å². The molecule has 1 fully saturated rings. The Morgan fingerprint density at radius 3 is 2.42 bits per heavy atom. The lowest BCUT2D eigenvalue weighted by Gasteiger charge is -2.32.